The van der Waals surface area contributed by atoms with Gasteiger partial charge in [0.25, 0.3) is 0 Å². The smallest absolute Gasteiger partial charge is 0.376 e. The molecule has 0 amide bonds. The molecule has 0 spiro atoms. The third kappa shape index (κ3) is 3.66. The van der Waals surface area contributed by atoms with Crippen molar-refractivity contribution in [3.8, 4) is 5.75 Å². The second kappa shape index (κ2) is 5.51. The molecule has 0 heterocycles. The number of benzene rings is 1. The average Bonchev–Trinajstić information content (AvgIpc) is 2.22. The van der Waals surface area contributed by atoms with Crippen molar-refractivity contribution in [3.63, 3.8) is 0 Å². The molecule has 1 N–H and O–H groups in total. The summed E-state index contributed by atoms with van der Waals surface area (Å²) < 4.78 is 17.0. The molecule has 1 aromatic rings. The van der Waals surface area contributed by atoms with Crippen molar-refractivity contribution in [2.75, 3.05) is 6.16 Å². The van der Waals surface area contributed by atoms with Crippen LogP contribution in [0.1, 0.15) is 30.9 Å². The summed E-state index contributed by atoms with van der Waals surface area (Å²) in [5.41, 5.74) is 1.99. The molecule has 0 bridgehead atoms. The predicted molar refractivity (Wildman–Crippen MR) is 66.1 cm³/mol. The second-order valence-electron chi connectivity index (χ2n) is 4.00. The fourth-order valence-corrected chi connectivity index (χ4v) is 2.69. The van der Waals surface area contributed by atoms with E-state index in [0.29, 0.717) is 12.2 Å². The van der Waals surface area contributed by atoms with Crippen molar-refractivity contribution in [2.45, 2.75) is 33.6 Å². The molecule has 0 saturated heterocycles. The van der Waals surface area contributed by atoms with Gasteiger partial charge in [-0.3, -0.25) is 0 Å². The van der Waals surface area contributed by atoms with Crippen molar-refractivity contribution in [1.82, 2.24) is 0 Å². The van der Waals surface area contributed by atoms with Gasteiger partial charge in [-0.25, -0.2) is 4.57 Å². The highest BCUT2D eigenvalue weighted by atomic mass is 31.2. The van der Waals surface area contributed by atoms with Gasteiger partial charge < -0.3 is 9.42 Å². The fourth-order valence-electron chi connectivity index (χ4n) is 1.38. The summed E-state index contributed by atoms with van der Waals surface area (Å²) in [6.07, 6.45) is 1.82. The van der Waals surface area contributed by atoms with Crippen LogP contribution in [0.5, 0.6) is 5.75 Å². The molecule has 0 saturated carbocycles. The summed E-state index contributed by atoms with van der Waals surface area (Å²) in [6.45, 7) is 5.83. The Morgan fingerprint density at radius 1 is 1.38 bits per heavy atom. The first-order valence-electron chi connectivity index (χ1n) is 5.54. The SMILES string of the molecule is CCCCP(=O)(O)Oc1cccc(C)c1C. The summed E-state index contributed by atoms with van der Waals surface area (Å²) >= 11 is 0. The molecule has 0 aliphatic heterocycles. The van der Waals surface area contributed by atoms with Crippen LogP contribution in [0, 0.1) is 13.8 Å². The van der Waals surface area contributed by atoms with Crippen molar-refractivity contribution >= 4 is 7.60 Å². The minimum Gasteiger partial charge on any atom is -0.424 e. The Balaban J connectivity index is 2.80. The van der Waals surface area contributed by atoms with Gasteiger partial charge in [-0.15, -0.1) is 0 Å². The minimum absolute atomic E-state index is 0.219. The topological polar surface area (TPSA) is 46.5 Å². The zero-order valence-electron chi connectivity index (χ0n) is 10.1. The molecule has 0 radical (unpaired) electrons. The van der Waals surface area contributed by atoms with Crippen LogP contribution in [-0.4, -0.2) is 11.1 Å². The maximum absolute atomic E-state index is 11.7. The molecular formula is C12H19O3P. The van der Waals surface area contributed by atoms with E-state index >= 15 is 0 Å². The van der Waals surface area contributed by atoms with E-state index in [1.807, 2.05) is 32.9 Å². The maximum Gasteiger partial charge on any atom is 0.376 e. The van der Waals surface area contributed by atoms with Gasteiger partial charge in [0.15, 0.2) is 0 Å². The summed E-state index contributed by atoms with van der Waals surface area (Å²) in [5.74, 6) is 0.516. The Morgan fingerprint density at radius 3 is 2.69 bits per heavy atom. The zero-order valence-corrected chi connectivity index (χ0v) is 11.0. The summed E-state index contributed by atoms with van der Waals surface area (Å²) in [4.78, 5) is 9.65. The van der Waals surface area contributed by atoms with E-state index in [4.69, 9.17) is 4.52 Å². The molecule has 0 fully saturated rings. The first-order valence-corrected chi connectivity index (χ1v) is 7.30. The third-order valence-corrected chi connectivity index (χ3v) is 3.95. The summed E-state index contributed by atoms with van der Waals surface area (Å²) in [7, 11) is -3.48. The zero-order chi connectivity index (χ0) is 12.2. The van der Waals surface area contributed by atoms with Crippen LogP contribution in [0.3, 0.4) is 0 Å². The van der Waals surface area contributed by atoms with Crippen molar-refractivity contribution in [1.29, 1.82) is 0 Å². The highest BCUT2D eigenvalue weighted by Gasteiger charge is 2.20. The van der Waals surface area contributed by atoms with Crippen LogP contribution in [0.15, 0.2) is 18.2 Å². The molecule has 90 valence electrons. The lowest BCUT2D eigenvalue weighted by atomic mass is 10.1. The molecule has 1 unspecified atom stereocenters. The van der Waals surface area contributed by atoms with E-state index in [2.05, 4.69) is 0 Å². The predicted octanol–water partition coefficient (Wildman–Crippen LogP) is 3.67. The highest BCUT2D eigenvalue weighted by Crippen LogP contribution is 2.44. The fraction of sp³-hybridized carbons (Fsp3) is 0.500. The lowest BCUT2D eigenvalue weighted by Crippen LogP contribution is -1.99. The maximum atomic E-state index is 11.7. The lowest BCUT2D eigenvalue weighted by molar-refractivity contribution is 0.377. The molecule has 16 heavy (non-hydrogen) atoms. The van der Waals surface area contributed by atoms with Gasteiger partial charge in [0, 0.05) is 0 Å². The molecular weight excluding hydrogens is 223 g/mol. The number of unbranched alkanes of at least 4 members (excludes halogenated alkanes) is 1. The Bertz CT molecular complexity index is 401. The van der Waals surface area contributed by atoms with E-state index in [0.717, 1.165) is 17.5 Å². The molecule has 3 nitrogen and oxygen atoms in total. The Kier molecular flexibility index (Phi) is 4.57. The van der Waals surface area contributed by atoms with Crippen molar-refractivity contribution in [2.24, 2.45) is 0 Å². The quantitative estimate of drug-likeness (QED) is 0.801. The van der Waals surface area contributed by atoms with Gasteiger partial charge in [0.05, 0.1) is 6.16 Å². The number of hydrogen-bond donors (Lipinski definition) is 1. The van der Waals surface area contributed by atoms with Crippen LogP contribution in [-0.2, 0) is 4.57 Å². The number of hydrogen-bond acceptors (Lipinski definition) is 2. The van der Waals surface area contributed by atoms with E-state index in [-0.39, 0.29) is 6.16 Å². The molecule has 1 atom stereocenters. The van der Waals surface area contributed by atoms with Gasteiger partial charge in [0.2, 0.25) is 0 Å². The van der Waals surface area contributed by atoms with Crippen LogP contribution >= 0.6 is 7.60 Å². The van der Waals surface area contributed by atoms with Crippen LogP contribution < -0.4 is 4.52 Å². The monoisotopic (exact) mass is 242 g/mol. The lowest BCUT2D eigenvalue weighted by Gasteiger charge is -2.15. The van der Waals surface area contributed by atoms with E-state index in [1.54, 1.807) is 6.07 Å². The Labute approximate surface area is 97.0 Å². The van der Waals surface area contributed by atoms with Gasteiger partial charge in [-0.1, -0.05) is 25.5 Å². The Morgan fingerprint density at radius 2 is 2.06 bits per heavy atom. The number of rotatable bonds is 5. The standard InChI is InChI=1S/C12H19O3P/c1-4-5-9-16(13,14)15-12-8-6-7-10(2)11(12)3/h6-8H,4-5,9H2,1-3H3,(H,13,14). The highest BCUT2D eigenvalue weighted by molar-refractivity contribution is 7.53. The van der Waals surface area contributed by atoms with Gasteiger partial charge in [0.1, 0.15) is 5.75 Å². The average molecular weight is 242 g/mol. The van der Waals surface area contributed by atoms with Crippen molar-refractivity contribution < 1.29 is 14.0 Å². The third-order valence-electron chi connectivity index (χ3n) is 2.59. The molecule has 0 aliphatic carbocycles. The van der Waals surface area contributed by atoms with E-state index in [9.17, 15) is 9.46 Å². The van der Waals surface area contributed by atoms with E-state index in [1.165, 1.54) is 0 Å². The van der Waals surface area contributed by atoms with Crippen LogP contribution in [0.25, 0.3) is 0 Å². The van der Waals surface area contributed by atoms with E-state index < -0.39 is 7.60 Å². The molecule has 1 rings (SSSR count). The second-order valence-corrected chi connectivity index (χ2v) is 5.91. The van der Waals surface area contributed by atoms with Gasteiger partial charge in [-0.2, -0.15) is 0 Å². The Hall–Kier alpha value is -0.790. The van der Waals surface area contributed by atoms with Gasteiger partial charge >= 0.3 is 7.60 Å². The molecule has 1 aromatic carbocycles. The first-order chi connectivity index (χ1) is 7.46. The minimum atomic E-state index is -3.48. The van der Waals surface area contributed by atoms with Crippen LogP contribution in [0.2, 0.25) is 0 Å². The van der Waals surface area contributed by atoms with Crippen LogP contribution in [0.4, 0.5) is 0 Å². The number of aryl methyl sites for hydroxylation is 1. The van der Waals surface area contributed by atoms with Gasteiger partial charge in [-0.05, 0) is 37.5 Å². The molecule has 0 aromatic heterocycles. The first kappa shape index (κ1) is 13.3. The summed E-state index contributed by atoms with van der Waals surface area (Å²) in [6, 6.07) is 5.52. The summed E-state index contributed by atoms with van der Waals surface area (Å²) in [5, 5.41) is 0. The molecule has 0 aliphatic rings. The van der Waals surface area contributed by atoms with Crippen molar-refractivity contribution in [3.05, 3.63) is 29.3 Å². The largest absolute Gasteiger partial charge is 0.424 e. The normalized spacial score (nSPS) is 14.5. The molecule has 4 heteroatoms.